The van der Waals surface area contributed by atoms with Gasteiger partial charge in [0.15, 0.2) is 5.96 Å². The Bertz CT molecular complexity index is 929. The van der Waals surface area contributed by atoms with Crippen LogP contribution in [-0.2, 0) is 30.4 Å². The summed E-state index contributed by atoms with van der Waals surface area (Å²) in [6.07, 6.45) is 2.67. The maximum absolute atomic E-state index is 13.0. The summed E-state index contributed by atoms with van der Waals surface area (Å²) in [4.78, 5) is 71.3. The number of hydrogen-bond donors (Lipinski definition) is 9. The SMILES string of the molecule is CC(N)C(=O)NC(CCC(N)=O)C(=O)NC(Cc1cnc[nH]1)C(=O)NC(CCCN=C(N)N)C(=O)O. The molecular formula is C20H34N10O6. The first-order valence-electron chi connectivity index (χ1n) is 11.1. The summed E-state index contributed by atoms with van der Waals surface area (Å²) >= 11 is 0. The monoisotopic (exact) mass is 510 g/mol. The van der Waals surface area contributed by atoms with E-state index in [1.807, 2.05) is 0 Å². The Labute approximate surface area is 207 Å². The number of aliphatic carboxylic acids is 1. The highest BCUT2D eigenvalue weighted by Crippen LogP contribution is 2.05. The van der Waals surface area contributed by atoms with Crippen molar-refractivity contribution in [2.75, 3.05) is 6.54 Å². The van der Waals surface area contributed by atoms with E-state index in [2.05, 4.69) is 30.9 Å². The van der Waals surface area contributed by atoms with Gasteiger partial charge in [-0.2, -0.15) is 0 Å². The van der Waals surface area contributed by atoms with Crippen LogP contribution in [0.3, 0.4) is 0 Å². The number of nitrogens with two attached hydrogens (primary N) is 4. The molecule has 13 N–H and O–H groups in total. The first-order chi connectivity index (χ1) is 16.9. The third kappa shape index (κ3) is 11.3. The van der Waals surface area contributed by atoms with Crippen LogP contribution in [0.25, 0.3) is 0 Å². The number of aliphatic imine (C=N–C) groups is 1. The van der Waals surface area contributed by atoms with E-state index in [4.69, 9.17) is 22.9 Å². The van der Waals surface area contributed by atoms with E-state index in [1.165, 1.54) is 19.4 Å². The molecule has 0 aliphatic carbocycles. The predicted molar refractivity (Wildman–Crippen MR) is 128 cm³/mol. The standard InChI is InChI=1S/C20H34N10O6/c1-10(21)16(32)28-12(4-5-15(22)31)17(33)30-14(7-11-8-25-9-27-11)18(34)29-13(19(35)36)3-2-6-26-20(23)24/h8-10,12-14H,2-7,21H2,1H3,(H2,22,31)(H,25,27)(H,28,32)(H,29,34)(H,30,33)(H,35,36)(H4,23,24,26). The molecule has 200 valence electrons. The van der Waals surface area contributed by atoms with Crippen molar-refractivity contribution in [1.29, 1.82) is 0 Å². The lowest BCUT2D eigenvalue weighted by atomic mass is 10.1. The Morgan fingerprint density at radius 2 is 1.61 bits per heavy atom. The molecular weight excluding hydrogens is 476 g/mol. The van der Waals surface area contributed by atoms with Crippen molar-refractivity contribution in [2.45, 2.75) is 63.2 Å². The van der Waals surface area contributed by atoms with Gasteiger partial charge in [-0.15, -0.1) is 0 Å². The average molecular weight is 511 g/mol. The fourth-order valence-electron chi connectivity index (χ4n) is 2.99. The van der Waals surface area contributed by atoms with E-state index in [9.17, 15) is 29.1 Å². The number of H-pyrrole nitrogens is 1. The van der Waals surface area contributed by atoms with E-state index in [0.29, 0.717) is 5.69 Å². The molecule has 0 aliphatic rings. The Morgan fingerprint density at radius 1 is 1.00 bits per heavy atom. The number of carbonyl (C=O) groups is 5. The number of primary amides is 1. The van der Waals surface area contributed by atoms with Gasteiger partial charge < -0.3 is 49.0 Å². The molecule has 0 saturated heterocycles. The van der Waals surface area contributed by atoms with Crippen LogP contribution in [0.5, 0.6) is 0 Å². The normalized spacial score (nSPS) is 13.9. The minimum Gasteiger partial charge on any atom is -0.480 e. The van der Waals surface area contributed by atoms with Gasteiger partial charge in [-0.05, 0) is 26.2 Å². The number of hydrogen-bond acceptors (Lipinski definition) is 8. The van der Waals surface area contributed by atoms with Crippen LogP contribution in [0.15, 0.2) is 17.5 Å². The summed E-state index contributed by atoms with van der Waals surface area (Å²) in [5.41, 5.74) is 21.7. The molecule has 4 atom stereocenters. The smallest absolute Gasteiger partial charge is 0.326 e. The molecule has 1 aromatic rings. The summed E-state index contributed by atoms with van der Waals surface area (Å²) in [6, 6.07) is -4.69. The lowest BCUT2D eigenvalue weighted by molar-refractivity contribution is -0.142. The third-order valence-electron chi connectivity index (χ3n) is 4.90. The zero-order chi connectivity index (χ0) is 27.3. The fraction of sp³-hybridized carbons (Fsp3) is 0.550. The number of carboxylic acid groups (broad SMARTS) is 1. The highest BCUT2D eigenvalue weighted by molar-refractivity contribution is 5.94. The molecule has 4 unspecified atom stereocenters. The maximum Gasteiger partial charge on any atom is 0.326 e. The number of nitrogens with zero attached hydrogens (tertiary/aromatic N) is 2. The summed E-state index contributed by atoms with van der Waals surface area (Å²) in [7, 11) is 0. The van der Waals surface area contributed by atoms with E-state index in [0.717, 1.165) is 0 Å². The summed E-state index contributed by atoms with van der Waals surface area (Å²) in [6.45, 7) is 1.57. The van der Waals surface area contributed by atoms with Crippen molar-refractivity contribution in [3.63, 3.8) is 0 Å². The fourth-order valence-corrected chi connectivity index (χ4v) is 2.99. The number of nitrogens with one attached hydrogen (secondary N) is 4. The van der Waals surface area contributed by atoms with Crippen molar-refractivity contribution < 1.29 is 29.1 Å². The molecule has 36 heavy (non-hydrogen) atoms. The van der Waals surface area contributed by atoms with Crippen LogP contribution in [0.1, 0.15) is 38.3 Å². The first kappa shape index (κ1) is 29.8. The van der Waals surface area contributed by atoms with Gasteiger partial charge in [0.2, 0.25) is 23.6 Å². The van der Waals surface area contributed by atoms with Crippen LogP contribution >= 0.6 is 0 Å². The van der Waals surface area contributed by atoms with Gasteiger partial charge in [-0.25, -0.2) is 9.78 Å². The molecule has 0 fully saturated rings. The van der Waals surface area contributed by atoms with Gasteiger partial charge in [-0.1, -0.05) is 0 Å². The number of guanidine groups is 1. The van der Waals surface area contributed by atoms with Crippen LogP contribution in [0, 0.1) is 0 Å². The molecule has 4 amide bonds. The van der Waals surface area contributed by atoms with Crippen molar-refractivity contribution in [3.05, 3.63) is 18.2 Å². The topological polar surface area (TPSA) is 287 Å². The molecule has 1 aromatic heterocycles. The molecule has 0 saturated carbocycles. The van der Waals surface area contributed by atoms with E-state index < -0.39 is 53.8 Å². The van der Waals surface area contributed by atoms with Gasteiger partial charge in [-0.3, -0.25) is 24.2 Å². The second kappa shape index (κ2) is 14.9. The minimum absolute atomic E-state index is 0.0221. The molecule has 16 heteroatoms. The number of aromatic amines is 1. The Kier molecular flexibility index (Phi) is 12.4. The van der Waals surface area contributed by atoms with Gasteiger partial charge in [0.05, 0.1) is 12.4 Å². The van der Waals surface area contributed by atoms with Gasteiger partial charge in [0.1, 0.15) is 18.1 Å². The quantitative estimate of drug-likeness (QED) is 0.0592. The number of rotatable bonds is 16. The Balaban J connectivity index is 3.02. The Hall–Kier alpha value is -4.21. The lowest BCUT2D eigenvalue weighted by Gasteiger charge is -2.24. The maximum atomic E-state index is 13.0. The third-order valence-corrected chi connectivity index (χ3v) is 4.90. The summed E-state index contributed by atoms with van der Waals surface area (Å²) < 4.78 is 0. The highest BCUT2D eigenvalue weighted by atomic mass is 16.4. The molecule has 16 nitrogen and oxygen atoms in total. The van der Waals surface area contributed by atoms with E-state index >= 15 is 0 Å². The van der Waals surface area contributed by atoms with Crippen LogP contribution in [-0.4, -0.2) is 81.3 Å². The van der Waals surface area contributed by atoms with Crippen molar-refractivity contribution in [1.82, 2.24) is 25.9 Å². The molecule has 1 heterocycles. The lowest BCUT2D eigenvalue weighted by Crippen LogP contribution is -2.57. The van der Waals surface area contributed by atoms with Crippen molar-refractivity contribution in [3.8, 4) is 0 Å². The van der Waals surface area contributed by atoms with Crippen molar-refractivity contribution >= 4 is 35.6 Å². The van der Waals surface area contributed by atoms with Gasteiger partial charge in [0, 0.05) is 31.3 Å². The average Bonchev–Trinajstić information content (AvgIpc) is 3.30. The van der Waals surface area contributed by atoms with Gasteiger partial charge >= 0.3 is 5.97 Å². The largest absolute Gasteiger partial charge is 0.480 e. The van der Waals surface area contributed by atoms with E-state index in [1.54, 1.807) is 0 Å². The number of aromatic nitrogens is 2. The second-order valence-corrected chi connectivity index (χ2v) is 8.05. The Morgan fingerprint density at radius 3 is 2.14 bits per heavy atom. The molecule has 0 aliphatic heterocycles. The van der Waals surface area contributed by atoms with E-state index in [-0.39, 0.29) is 44.6 Å². The zero-order valence-corrected chi connectivity index (χ0v) is 19.9. The van der Waals surface area contributed by atoms with Crippen LogP contribution in [0.2, 0.25) is 0 Å². The van der Waals surface area contributed by atoms with Gasteiger partial charge in [0.25, 0.3) is 0 Å². The first-order valence-corrected chi connectivity index (χ1v) is 11.1. The van der Waals surface area contributed by atoms with Crippen LogP contribution in [0.4, 0.5) is 0 Å². The van der Waals surface area contributed by atoms with Crippen molar-refractivity contribution in [2.24, 2.45) is 27.9 Å². The summed E-state index contributed by atoms with van der Waals surface area (Å²) in [5.74, 6) is -4.36. The minimum atomic E-state index is -1.29. The molecule has 0 radical (unpaired) electrons. The molecule has 0 aromatic carbocycles. The highest BCUT2D eigenvalue weighted by Gasteiger charge is 2.30. The molecule has 0 spiro atoms. The predicted octanol–water partition coefficient (Wildman–Crippen LogP) is -3.84. The number of carboxylic acids is 1. The number of amides is 4. The number of imidazole rings is 1. The second-order valence-electron chi connectivity index (χ2n) is 8.05. The van der Waals surface area contributed by atoms with Crippen LogP contribution < -0.4 is 38.9 Å². The summed E-state index contributed by atoms with van der Waals surface area (Å²) in [5, 5.41) is 16.8. The molecule has 0 bridgehead atoms. The molecule has 1 rings (SSSR count). The number of carbonyl (C=O) groups excluding carboxylic acids is 4. The zero-order valence-electron chi connectivity index (χ0n) is 19.9.